The van der Waals surface area contributed by atoms with Crippen LogP contribution >= 0.6 is 0 Å². The second kappa shape index (κ2) is 9.00. The third kappa shape index (κ3) is 4.22. The molecule has 5 aromatic rings. The first kappa shape index (κ1) is 22.2. The van der Waals surface area contributed by atoms with E-state index in [9.17, 15) is 9.59 Å². The third-order valence-electron chi connectivity index (χ3n) is 6.06. The van der Waals surface area contributed by atoms with Gasteiger partial charge in [-0.1, -0.05) is 42.5 Å². The maximum atomic E-state index is 12.6. The van der Waals surface area contributed by atoms with Gasteiger partial charge in [0, 0.05) is 23.7 Å². The monoisotopic (exact) mass is 465 g/mol. The lowest BCUT2D eigenvalue weighted by atomic mass is 10.0. The van der Waals surface area contributed by atoms with E-state index in [4.69, 9.17) is 10.3 Å². The van der Waals surface area contributed by atoms with Gasteiger partial charge in [-0.25, -0.2) is 10.5 Å². The SMILES string of the molecule is Cc1ccccc1-c1cc(-c2ccc3ncn(C)c(=O)c3c2)nn1Cc1ccc(C(=O)NO)cc1. The highest BCUT2D eigenvalue weighted by Crippen LogP contribution is 2.30. The third-order valence-corrected chi connectivity index (χ3v) is 6.06. The van der Waals surface area contributed by atoms with E-state index in [0.29, 0.717) is 23.0 Å². The fourth-order valence-electron chi connectivity index (χ4n) is 4.12. The number of fused-ring (bicyclic) bond motifs is 1. The number of benzene rings is 3. The van der Waals surface area contributed by atoms with Crippen LogP contribution in [-0.4, -0.2) is 30.4 Å². The molecule has 0 atom stereocenters. The van der Waals surface area contributed by atoms with Gasteiger partial charge in [-0.15, -0.1) is 0 Å². The number of hydroxylamine groups is 1. The minimum absolute atomic E-state index is 0.109. The predicted molar refractivity (Wildman–Crippen MR) is 133 cm³/mol. The van der Waals surface area contributed by atoms with Crippen LogP contribution < -0.4 is 11.0 Å². The van der Waals surface area contributed by atoms with Gasteiger partial charge >= 0.3 is 0 Å². The quantitative estimate of drug-likeness (QED) is 0.302. The molecule has 0 bridgehead atoms. The summed E-state index contributed by atoms with van der Waals surface area (Å²) >= 11 is 0. The molecule has 1 amide bonds. The average molecular weight is 466 g/mol. The molecule has 0 aliphatic heterocycles. The van der Waals surface area contributed by atoms with Crippen LogP contribution in [0.1, 0.15) is 21.5 Å². The molecule has 35 heavy (non-hydrogen) atoms. The standard InChI is InChI=1S/C27H23N5O3/c1-17-5-3-4-6-21(17)25-14-24(20-11-12-23-22(13-20)27(34)31(2)16-28-23)29-32(25)15-18-7-9-19(10-8-18)26(33)30-35/h3-14,16,35H,15H2,1-2H3,(H,30,33). The Hall–Kier alpha value is -4.56. The van der Waals surface area contributed by atoms with Gasteiger partial charge in [0.25, 0.3) is 11.5 Å². The molecule has 0 fully saturated rings. The summed E-state index contributed by atoms with van der Waals surface area (Å²) in [4.78, 5) is 28.6. The molecule has 2 N–H and O–H groups in total. The van der Waals surface area contributed by atoms with Crippen molar-refractivity contribution in [1.29, 1.82) is 0 Å². The van der Waals surface area contributed by atoms with Crippen LogP contribution in [0.4, 0.5) is 0 Å². The normalized spacial score (nSPS) is 11.1. The topological polar surface area (TPSA) is 102 Å². The van der Waals surface area contributed by atoms with Crippen LogP contribution in [0.15, 0.2) is 83.9 Å². The zero-order valence-electron chi connectivity index (χ0n) is 19.3. The van der Waals surface area contributed by atoms with E-state index in [1.54, 1.807) is 24.7 Å². The van der Waals surface area contributed by atoms with Crippen LogP contribution in [0, 0.1) is 6.92 Å². The first-order valence-electron chi connectivity index (χ1n) is 11.1. The maximum absolute atomic E-state index is 12.6. The molecule has 174 valence electrons. The van der Waals surface area contributed by atoms with Gasteiger partial charge in [0.05, 0.1) is 35.2 Å². The van der Waals surface area contributed by atoms with E-state index in [0.717, 1.165) is 33.6 Å². The average Bonchev–Trinajstić information content (AvgIpc) is 3.29. The van der Waals surface area contributed by atoms with E-state index in [1.807, 2.05) is 53.2 Å². The van der Waals surface area contributed by atoms with Crippen LogP contribution in [0.5, 0.6) is 0 Å². The Balaban J connectivity index is 1.60. The van der Waals surface area contributed by atoms with Crippen molar-refractivity contribution < 1.29 is 10.0 Å². The Morgan fingerprint density at radius 2 is 1.80 bits per heavy atom. The van der Waals surface area contributed by atoms with Crippen LogP contribution in [-0.2, 0) is 13.6 Å². The number of amides is 1. The summed E-state index contributed by atoms with van der Waals surface area (Å²) in [7, 11) is 1.68. The number of carbonyl (C=O) groups excluding carboxylic acids is 1. The first-order chi connectivity index (χ1) is 16.9. The summed E-state index contributed by atoms with van der Waals surface area (Å²) in [5.74, 6) is -0.560. The lowest BCUT2D eigenvalue weighted by Crippen LogP contribution is -2.18. The Morgan fingerprint density at radius 3 is 2.54 bits per heavy atom. The zero-order chi connectivity index (χ0) is 24.5. The highest BCUT2D eigenvalue weighted by Gasteiger charge is 2.15. The molecule has 0 radical (unpaired) electrons. The predicted octanol–water partition coefficient (Wildman–Crippen LogP) is 3.94. The smallest absolute Gasteiger partial charge is 0.274 e. The minimum Gasteiger partial charge on any atom is -0.302 e. The van der Waals surface area contributed by atoms with Crippen molar-refractivity contribution in [2.24, 2.45) is 7.05 Å². The number of nitrogens with zero attached hydrogens (tertiary/aromatic N) is 4. The summed E-state index contributed by atoms with van der Waals surface area (Å²) < 4.78 is 3.38. The number of rotatable bonds is 5. The fraction of sp³-hybridized carbons (Fsp3) is 0.111. The molecule has 0 unspecified atom stereocenters. The number of hydrogen-bond acceptors (Lipinski definition) is 5. The van der Waals surface area contributed by atoms with Gasteiger partial charge in [-0.3, -0.25) is 19.5 Å². The fourth-order valence-corrected chi connectivity index (χ4v) is 4.12. The number of aromatic nitrogens is 4. The molecule has 0 saturated carbocycles. The van der Waals surface area contributed by atoms with Gasteiger partial charge in [0.2, 0.25) is 0 Å². The van der Waals surface area contributed by atoms with Gasteiger partial charge in [-0.05, 0) is 48.4 Å². The molecule has 3 aromatic carbocycles. The van der Waals surface area contributed by atoms with Crippen LogP contribution in [0.25, 0.3) is 33.4 Å². The summed E-state index contributed by atoms with van der Waals surface area (Å²) in [6.07, 6.45) is 1.52. The molecule has 0 aliphatic rings. The minimum atomic E-state index is -0.560. The second-order valence-corrected chi connectivity index (χ2v) is 8.42. The Morgan fingerprint density at radius 1 is 1.03 bits per heavy atom. The van der Waals surface area contributed by atoms with E-state index in [2.05, 4.69) is 24.0 Å². The van der Waals surface area contributed by atoms with Crippen molar-refractivity contribution in [3.63, 3.8) is 0 Å². The van der Waals surface area contributed by atoms with Gasteiger partial charge in [-0.2, -0.15) is 5.10 Å². The molecule has 2 heterocycles. The maximum Gasteiger partial charge on any atom is 0.274 e. The Kier molecular flexibility index (Phi) is 5.72. The van der Waals surface area contributed by atoms with Crippen LogP contribution in [0.3, 0.4) is 0 Å². The number of nitrogens with one attached hydrogen (secondary N) is 1. The van der Waals surface area contributed by atoms with Gasteiger partial charge in [0.15, 0.2) is 0 Å². The van der Waals surface area contributed by atoms with Crippen molar-refractivity contribution in [2.45, 2.75) is 13.5 Å². The Bertz CT molecular complexity index is 1620. The highest BCUT2D eigenvalue weighted by atomic mass is 16.5. The number of hydrogen-bond donors (Lipinski definition) is 2. The van der Waals surface area contributed by atoms with E-state index in [1.165, 1.54) is 10.9 Å². The van der Waals surface area contributed by atoms with Crippen molar-refractivity contribution >= 4 is 16.8 Å². The van der Waals surface area contributed by atoms with Crippen molar-refractivity contribution in [2.75, 3.05) is 0 Å². The summed E-state index contributed by atoms with van der Waals surface area (Å²) in [6, 6.07) is 22.7. The molecule has 5 rings (SSSR count). The van der Waals surface area contributed by atoms with E-state index in [-0.39, 0.29) is 5.56 Å². The second-order valence-electron chi connectivity index (χ2n) is 8.42. The molecule has 8 nitrogen and oxygen atoms in total. The van der Waals surface area contributed by atoms with Crippen molar-refractivity contribution in [3.05, 3.63) is 106 Å². The number of carbonyl (C=O) groups is 1. The molecule has 0 spiro atoms. The number of aryl methyl sites for hydroxylation is 2. The lowest BCUT2D eigenvalue weighted by Gasteiger charge is -2.10. The Labute approximate surface area is 201 Å². The van der Waals surface area contributed by atoms with Gasteiger partial charge in [0.1, 0.15) is 0 Å². The largest absolute Gasteiger partial charge is 0.302 e. The molecular formula is C27H23N5O3. The van der Waals surface area contributed by atoms with Crippen molar-refractivity contribution in [1.82, 2.24) is 24.8 Å². The zero-order valence-corrected chi connectivity index (χ0v) is 19.3. The van der Waals surface area contributed by atoms with Crippen LogP contribution in [0.2, 0.25) is 0 Å². The van der Waals surface area contributed by atoms with E-state index < -0.39 is 5.91 Å². The highest BCUT2D eigenvalue weighted by molar-refractivity contribution is 5.93. The van der Waals surface area contributed by atoms with Gasteiger partial charge < -0.3 is 4.57 Å². The molecular weight excluding hydrogens is 442 g/mol. The lowest BCUT2D eigenvalue weighted by molar-refractivity contribution is 0.0706. The molecule has 2 aromatic heterocycles. The first-order valence-corrected chi connectivity index (χ1v) is 11.1. The summed E-state index contributed by atoms with van der Waals surface area (Å²) in [5.41, 5.74) is 8.17. The summed E-state index contributed by atoms with van der Waals surface area (Å²) in [6.45, 7) is 2.53. The van der Waals surface area contributed by atoms with E-state index >= 15 is 0 Å². The summed E-state index contributed by atoms with van der Waals surface area (Å²) in [5, 5.41) is 14.3. The molecule has 0 aliphatic carbocycles. The molecule has 0 saturated heterocycles. The molecule has 8 heteroatoms. The van der Waals surface area contributed by atoms with Crippen molar-refractivity contribution in [3.8, 4) is 22.5 Å².